The molecule has 0 saturated carbocycles. The average molecular weight is 989 g/mol. The molecule has 0 radical (unpaired) electrons. The quantitative estimate of drug-likeness (QED) is 0.0250. The monoisotopic (exact) mass is 988 g/mol. The molecule has 5 amide bonds. The van der Waals surface area contributed by atoms with Crippen LogP contribution in [0.2, 0.25) is 0 Å². The Bertz CT molecular complexity index is 2770. The van der Waals surface area contributed by atoms with Crippen molar-refractivity contribution in [2.75, 3.05) is 79.9 Å². The van der Waals surface area contributed by atoms with Gasteiger partial charge in [0.1, 0.15) is 23.9 Å². The highest BCUT2D eigenvalue weighted by molar-refractivity contribution is 6.23. The highest BCUT2D eigenvalue weighted by atomic mass is 19.1. The van der Waals surface area contributed by atoms with Gasteiger partial charge in [0.2, 0.25) is 11.8 Å². The number of halogens is 2. The number of piperazine rings is 1. The topological polar surface area (TPSA) is 213 Å². The number of piperidine rings is 1. The summed E-state index contributed by atoms with van der Waals surface area (Å²) in [4.78, 5) is 69.6. The molecule has 9 rings (SSSR count). The van der Waals surface area contributed by atoms with Crippen LogP contribution in [0.3, 0.4) is 0 Å². The second-order valence-electron chi connectivity index (χ2n) is 19.1. The molecule has 5 aromatic rings. The zero-order valence-corrected chi connectivity index (χ0v) is 40.2. The summed E-state index contributed by atoms with van der Waals surface area (Å²) >= 11 is 0. The van der Waals surface area contributed by atoms with Crippen LogP contribution < -0.4 is 31.5 Å². The minimum absolute atomic E-state index is 0.0782. The van der Waals surface area contributed by atoms with E-state index in [1.54, 1.807) is 18.2 Å². The number of fused-ring (bicyclic) bond motifs is 2. The Hall–Kier alpha value is -6.80. The van der Waals surface area contributed by atoms with E-state index in [4.69, 9.17) is 4.74 Å². The summed E-state index contributed by atoms with van der Waals surface area (Å²) < 4.78 is 33.4. The van der Waals surface area contributed by atoms with E-state index in [0.29, 0.717) is 60.6 Å². The SMILES string of the molecule is O=C1CCC(N2C(=O)c3ccc(NCCCCCCCCNC(O)CN4CCN(c5ccc(C(=O)Nc6n[nH]c7ccc(Cc8cc(F)cc(F)c8)cc67)c(NC6CCOCC6)c5)CC4)cc3C2=O)C(=O)N1. The van der Waals surface area contributed by atoms with Gasteiger partial charge in [0.15, 0.2) is 5.82 Å². The molecule has 19 heteroatoms. The molecule has 17 nitrogen and oxygen atoms in total. The van der Waals surface area contributed by atoms with Crippen molar-refractivity contribution >= 4 is 63.3 Å². The first-order valence-corrected chi connectivity index (χ1v) is 25.2. The number of rotatable bonds is 21. The molecule has 4 aromatic carbocycles. The van der Waals surface area contributed by atoms with Crippen LogP contribution in [0.1, 0.15) is 106 Å². The van der Waals surface area contributed by atoms with Gasteiger partial charge in [0, 0.05) is 93.5 Å². The molecule has 3 fully saturated rings. The lowest BCUT2D eigenvalue weighted by Crippen LogP contribution is -2.54. The number of aliphatic hydroxyl groups is 1. The van der Waals surface area contributed by atoms with E-state index in [-0.39, 0.29) is 35.9 Å². The van der Waals surface area contributed by atoms with Crippen molar-refractivity contribution in [3.8, 4) is 0 Å². The molecular formula is C53H62F2N10O7. The first kappa shape index (κ1) is 50.2. The minimum atomic E-state index is -0.986. The van der Waals surface area contributed by atoms with Crippen molar-refractivity contribution in [2.45, 2.75) is 88.9 Å². The number of nitrogens with one attached hydrogen (secondary N) is 6. The van der Waals surface area contributed by atoms with Crippen molar-refractivity contribution in [1.82, 2.24) is 30.6 Å². The van der Waals surface area contributed by atoms with Crippen molar-refractivity contribution < 1.29 is 42.6 Å². The molecule has 7 N–H and O–H groups in total. The van der Waals surface area contributed by atoms with Crippen LogP contribution in [-0.2, 0) is 20.7 Å². The minimum Gasteiger partial charge on any atom is -0.385 e. The summed E-state index contributed by atoms with van der Waals surface area (Å²) in [5.74, 6) is -3.30. The molecule has 4 aliphatic rings. The molecule has 72 heavy (non-hydrogen) atoms. The number of aliphatic hydroxyl groups excluding tert-OH is 1. The number of ether oxygens (including phenoxy) is 1. The van der Waals surface area contributed by atoms with Crippen LogP contribution in [0, 0.1) is 11.6 Å². The molecule has 0 aliphatic carbocycles. The number of imide groups is 2. The number of H-pyrrole nitrogens is 1. The third-order valence-corrected chi connectivity index (χ3v) is 13.9. The molecule has 380 valence electrons. The number of hydrogen-bond donors (Lipinski definition) is 7. The number of unbranched alkanes of at least 4 members (excludes halogenated alkanes) is 5. The van der Waals surface area contributed by atoms with E-state index >= 15 is 0 Å². The highest BCUT2D eigenvalue weighted by Crippen LogP contribution is 2.32. The van der Waals surface area contributed by atoms with Gasteiger partial charge in [-0.25, -0.2) is 8.78 Å². The third-order valence-electron chi connectivity index (χ3n) is 13.9. The molecule has 2 atom stereocenters. The summed E-state index contributed by atoms with van der Waals surface area (Å²) in [5, 5.41) is 34.4. The number of benzene rings is 4. The Morgan fingerprint density at radius 2 is 1.53 bits per heavy atom. The van der Waals surface area contributed by atoms with Gasteiger partial charge in [0.05, 0.1) is 22.2 Å². The number of carbonyl (C=O) groups excluding carboxylic acids is 5. The molecule has 0 spiro atoms. The number of carbonyl (C=O) groups is 5. The molecule has 5 heterocycles. The van der Waals surface area contributed by atoms with Gasteiger partial charge in [-0.1, -0.05) is 31.7 Å². The number of nitrogens with zero attached hydrogens (tertiary/aromatic N) is 4. The summed E-state index contributed by atoms with van der Waals surface area (Å²) in [7, 11) is 0. The summed E-state index contributed by atoms with van der Waals surface area (Å²) in [6.07, 6.45) is 7.63. The predicted octanol–water partition coefficient (Wildman–Crippen LogP) is 6.16. The van der Waals surface area contributed by atoms with E-state index in [1.807, 2.05) is 36.4 Å². The van der Waals surface area contributed by atoms with Crippen LogP contribution in [0.25, 0.3) is 10.9 Å². The number of aromatic nitrogens is 2. The largest absolute Gasteiger partial charge is 0.385 e. The van der Waals surface area contributed by atoms with Crippen molar-refractivity contribution in [1.29, 1.82) is 0 Å². The van der Waals surface area contributed by atoms with Gasteiger partial charge < -0.3 is 30.7 Å². The Labute approximate surface area is 416 Å². The van der Waals surface area contributed by atoms with Crippen molar-refractivity contribution in [3.63, 3.8) is 0 Å². The van der Waals surface area contributed by atoms with Gasteiger partial charge in [0.25, 0.3) is 17.7 Å². The van der Waals surface area contributed by atoms with Crippen molar-refractivity contribution in [2.24, 2.45) is 0 Å². The second-order valence-corrected chi connectivity index (χ2v) is 19.1. The molecule has 4 aliphatic heterocycles. The number of anilines is 4. The van der Waals surface area contributed by atoms with Crippen LogP contribution in [-0.4, -0.2) is 132 Å². The zero-order valence-electron chi connectivity index (χ0n) is 40.2. The van der Waals surface area contributed by atoms with Crippen LogP contribution in [0.4, 0.5) is 31.7 Å². The maximum Gasteiger partial charge on any atom is 0.262 e. The van der Waals surface area contributed by atoms with E-state index in [9.17, 15) is 37.9 Å². The smallest absolute Gasteiger partial charge is 0.262 e. The molecule has 2 unspecified atom stereocenters. The Kier molecular flexibility index (Phi) is 16.1. The maximum absolute atomic E-state index is 14.0. The molecule has 1 aromatic heterocycles. The first-order chi connectivity index (χ1) is 34.9. The second kappa shape index (κ2) is 23.2. The molecule has 3 saturated heterocycles. The first-order valence-electron chi connectivity index (χ1n) is 25.2. The third kappa shape index (κ3) is 12.3. The fourth-order valence-electron chi connectivity index (χ4n) is 10.0. The predicted molar refractivity (Wildman–Crippen MR) is 269 cm³/mol. The van der Waals surface area contributed by atoms with Gasteiger partial charge >= 0.3 is 0 Å². The van der Waals surface area contributed by atoms with Crippen molar-refractivity contribution in [3.05, 3.63) is 112 Å². The number of β-amino-alcohol motifs (C(OH)–C–C–N with tert-alkyl or cyclic N) is 1. The van der Waals surface area contributed by atoms with Gasteiger partial charge in [-0.05, 0) is 117 Å². The number of amides is 5. The van der Waals surface area contributed by atoms with E-state index in [0.717, 1.165) is 118 Å². The van der Waals surface area contributed by atoms with E-state index in [1.165, 1.54) is 12.1 Å². The lowest BCUT2D eigenvalue weighted by atomic mass is 10.0. The van der Waals surface area contributed by atoms with Crippen LogP contribution in [0.15, 0.2) is 72.8 Å². The Morgan fingerprint density at radius 1 is 0.792 bits per heavy atom. The van der Waals surface area contributed by atoms with E-state index < -0.39 is 47.5 Å². The number of hydrogen-bond acceptors (Lipinski definition) is 13. The fourth-order valence-corrected chi connectivity index (χ4v) is 10.0. The maximum atomic E-state index is 14.0. The van der Waals surface area contributed by atoms with Gasteiger partial charge in [-0.2, -0.15) is 5.10 Å². The lowest BCUT2D eigenvalue weighted by Gasteiger charge is -2.37. The van der Waals surface area contributed by atoms with Gasteiger partial charge in [-0.3, -0.25) is 49.5 Å². The lowest BCUT2D eigenvalue weighted by molar-refractivity contribution is -0.136. The molecular weight excluding hydrogens is 927 g/mol. The van der Waals surface area contributed by atoms with Crippen LogP contribution >= 0.6 is 0 Å². The molecule has 0 bridgehead atoms. The Morgan fingerprint density at radius 3 is 2.29 bits per heavy atom. The average Bonchev–Trinajstić information content (AvgIpc) is 3.87. The van der Waals surface area contributed by atoms with E-state index in [2.05, 4.69) is 46.6 Å². The standard InChI is InChI=1S/C53H62F2N10O7/c54-35-26-34(27-36(55)29-35)25-33-7-12-44-43(28-33)49(62-61-44)60-50(68)41-11-9-39(31-45(41)58-37-15-23-72-24-16-37)64-21-19-63(20-22-64)32-48(67)57-18-6-4-2-1-3-5-17-56-38-8-10-40-42(30-38)53(71)65(52(40)70)46-13-14-47(66)59-51(46)69/h7-12,26-31,37,46,48,56-58,67H,1-6,13-25,32H2,(H,59,66,69)(H2,60,61,62,68). The van der Waals surface area contributed by atoms with Gasteiger partial charge in [-0.15, -0.1) is 0 Å². The van der Waals surface area contributed by atoms with Crippen LogP contribution in [0.5, 0.6) is 0 Å². The summed E-state index contributed by atoms with van der Waals surface area (Å²) in [5.41, 5.74) is 5.47. The normalized spacial score (nSPS) is 18.1. The Balaban J connectivity index is 0.683. The summed E-state index contributed by atoms with van der Waals surface area (Å²) in [6, 6.07) is 19.1. The highest BCUT2D eigenvalue weighted by Gasteiger charge is 2.44. The fraction of sp³-hybridized carbons (Fsp3) is 0.434. The zero-order chi connectivity index (χ0) is 50.1. The number of aromatic amines is 1. The summed E-state index contributed by atoms with van der Waals surface area (Å²) in [6.45, 7) is 6.30.